The second-order valence-electron chi connectivity index (χ2n) is 6.61. The average Bonchev–Trinajstić information content (AvgIpc) is 3.17. The fourth-order valence-electron chi connectivity index (χ4n) is 3.07. The van der Waals surface area contributed by atoms with Gasteiger partial charge in [0.1, 0.15) is 42.2 Å². The van der Waals surface area contributed by atoms with E-state index in [2.05, 4.69) is 17.1 Å². The number of benzene rings is 3. The molecule has 0 saturated carbocycles. The van der Waals surface area contributed by atoms with Gasteiger partial charge in [0.2, 0.25) is 5.90 Å². The standard InChI is InChI=1S/C23H19F2NO2/c24-20-7-4-8-21(25)22(20)23-26-18(15-28-23)14-27-19-11-9-17(10-12-19)13-16-5-2-1-3-6-16/h1-12,18H,13-15H2. The fourth-order valence-corrected chi connectivity index (χ4v) is 3.07. The molecule has 3 nitrogen and oxygen atoms in total. The van der Waals surface area contributed by atoms with Crippen LogP contribution in [0.25, 0.3) is 0 Å². The van der Waals surface area contributed by atoms with Crippen LogP contribution in [0.5, 0.6) is 5.75 Å². The number of ether oxygens (including phenoxy) is 2. The quantitative estimate of drug-likeness (QED) is 0.617. The number of nitrogens with zero attached hydrogens (tertiary/aromatic N) is 1. The number of halogens is 2. The lowest BCUT2D eigenvalue weighted by Crippen LogP contribution is -2.17. The number of aliphatic imine (C=N–C) groups is 1. The van der Waals surface area contributed by atoms with Crippen molar-refractivity contribution in [1.29, 1.82) is 0 Å². The van der Waals surface area contributed by atoms with E-state index in [0.717, 1.165) is 12.2 Å². The van der Waals surface area contributed by atoms with Crippen molar-refractivity contribution in [2.45, 2.75) is 12.5 Å². The highest BCUT2D eigenvalue weighted by Crippen LogP contribution is 2.20. The molecule has 1 aliphatic rings. The van der Waals surface area contributed by atoms with E-state index in [-0.39, 0.29) is 30.7 Å². The van der Waals surface area contributed by atoms with Gasteiger partial charge in [-0.2, -0.15) is 0 Å². The highest BCUT2D eigenvalue weighted by molar-refractivity contribution is 5.95. The van der Waals surface area contributed by atoms with Gasteiger partial charge in [-0.1, -0.05) is 48.5 Å². The Hall–Kier alpha value is -3.21. The van der Waals surface area contributed by atoms with Crippen LogP contribution in [-0.2, 0) is 11.2 Å². The van der Waals surface area contributed by atoms with Crippen LogP contribution in [0.1, 0.15) is 16.7 Å². The highest BCUT2D eigenvalue weighted by atomic mass is 19.1. The van der Waals surface area contributed by atoms with E-state index in [0.29, 0.717) is 0 Å². The Labute approximate surface area is 162 Å². The number of hydrogen-bond acceptors (Lipinski definition) is 3. The summed E-state index contributed by atoms with van der Waals surface area (Å²) in [6.07, 6.45) is 0.861. The number of rotatable bonds is 6. The van der Waals surface area contributed by atoms with Gasteiger partial charge in [-0.25, -0.2) is 13.8 Å². The Kier molecular flexibility index (Phi) is 5.33. The maximum absolute atomic E-state index is 13.8. The summed E-state index contributed by atoms with van der Waals surface area (Å²) in [5.74, 6) is -0.663. The number of hydrogen-bond donors (Lipinski definition) is 0. The molecule has 1 atom stereocenters. The predicted molar refractivity (Wildman–Crippen MR) is 104 cm³/mol. The Bertz CT molecular complexity index is 951. The van der Waals surface area contributed by atoms with E-state index in [1.165, 1.54) is 29.3 Å². The molecular weight excluding hydrogens is 360 g/mol. The smallest absolute Gasteiger partial charge is 0.222 e. The van der Waals surface area contributed by atoms with Crippen LogP contribution in [-0.4, -0.2) is 25.2 Å². The third-order valence-electron chi connectivity index (χ3n) is 4.51. The fraction of sp³-hybridized carbons (Fsp3) is 0.174. The van der Waals surface area contributed by atoms with Gasteiger partial charge in [0.05, 0.1) is 0 Å². The maximum atomic E-state index is 13.8. The minimum atomic E-state index is -0.686. The Morgan fingerprint density at radius 1 is 0.857 bits per heavy atom. The lowest BCUT2D eigenvalue weighted by atomic mass is 10.1. The van der Waals surface area contributed by atoms with E-state index in [1.54, 1.807) is 0 Å². The molecule has 1 aliphatic heterocycles. The van der Waals surface area contributed by atoms with E-state index < -0.39 is 11.6 Å². The van der Waals surface area contributed by atoms with Crippen molar-refractivity contribution < 1.29 is 18.3 Å². The van der Waals surface area contributed by atoms with E-state index >= 15 is 0 Å². The van der Waals surface area contributed by atoms with Crippen LogP contribution in [0.4, 0.5) is 8.78 Å². The molecule has 0 N–H and O–H groups in total. The van der Waals surface area contributed by atoms with E-state index in [1.807, 2.05) is 42.5 Å². The van der Waals surface area contributed by atoms with Crippen LogP contribution in [0.3, 0.4) is 0 Å². The SMILES string of the molecule is Fc1cccc(F)c1C1=NC(COc2ccc(Cc3ccccc3)cc2)CO1. The summed E-state index contributed by atoms with van der Waals surface area (Å²) in [6.45, 7) is 0.507. The zero-order valence-corrected chi connectivity index (χ0v) is 15.1. The Balaban J connectivity index is 1.35. The largest absolute Gasteiger partial charge is 0.491 e. The van der Waals surface area contributed by atoms with Gasteiger partial charge in [-0.3, -0.25) is 0 Å². The molecule has 142 valence electrons. The summed E-state index contributed by atoms with van der Waals surface area (Å²) < 4.78 is 38.8. The molecule has 0 radical (unpaired) electrons. The first-order valence-electron chi connectivity index (χ1n) is 9.10. The molecule has 0 saturated heterocycles. The molecule has 5 heteroatoms. The lowest BCUT2D eigenvalue weighted by molar-refractivity contribution is 0.242. The zero-order valence-electron chi connectivity index (χ0n) is 15.1. The van der Waals surface area contributed by atoms with E-state index in [9.17, 15) is 8.78 Å². The van der Waals surface area contributed by atoms with E-state index in [4.69, 9.17) is 9.47 Å². The highest BCUT2D eigenvalue weighted by Gasteiger charge is 2.25. The van der Waals surface area contributed by atoms with Crippen molar-refractivity contribution >= 4 is 5.90 Å². The summed E-state index contributed by atoms with van der Waals surface area (Å²) in [6, 6.07) is 21.5. The first kappa shape index (κ1) is 18.2. The second kappa shape index (κ2) is 8.21. The average molecular weight is 379 g/mol. The van der Waals surface area contributed by atoms with Gasteiger partial charge in [-0.15, -0.1) is 0 Å². The Morgan fingerprint density at radius 3 is 2.25 bits per heavy atom. The van der Waals surface area contributed by atoms with Crippen molar-refractivity contribution in [2.75, 3.05) is 13.2 Å². The monoisotopic (exact) mass is 379 g/mol. The molecule has 0 aromatic heterocycles. The molecule has 3 aromatic rings. The first-order chi connectivity index (χ1) is 13.7. The molecule has 28 heavy (non-hydrogen) atoms. The minimum absolute atomic E-state index is 0.0117. The third kappa shape index (κ3) is 4.19. The molecule has 0 spiro atoms. The summed E-state index contributed by atoms with van der Waals surface area (Å²) >= 11 is 0. The van der Waals surface area contributed by atoms with Crippen molar-refractivity contribution in [3.05, 3.63) is 101 Å². The molecular formula is C23H19F2NO2. The van der Waals surface area contributed by atoms with Gasteiger partial charge in [0.15, 0.2) is 0 Å². The van der Waals surface area contributed by atoms with Crippen molar-refractivity contribution in [2.24, 2.45) is 4.99 Å². The first-order valence-corrected chi connectivity index (χ1v) is 9.10. The van der Waals surface area contributed by atoms with Crippen LogP contribution in [0, 0.1) is 11.6 Å². The summed E-state index contributed by atoms with van der Waals surface area (Å²) in [5, 5.41) is 0. The zero-order chi connectivity index (χ0) is 19.3. The summed E-state index contributed by atoms with van der Waals surface area (Å²) in [7, 11) is 0. The Morgan fingerprint density at radius 2 is 1.54 bits per heavy atom. The van der Waals surface area contributed by atoms with Gasteiger partial charge < -0.3 is 9.47 Å². The van der Waals surface area contributed by atoms with Gasteiger partial charge in [0.25, 0.3) is 0 Å². The minimum Gasteiger partial charge on any atom is -0.491 e. The van der Waals surface area contributed by atoms with Crippen LogP contribution >= 0.6 is 0 Å². The third-order valence-corrected chi connectivity index (χ3v) is 4.51. The van der Waals surface area contributed by atoms with Gasteiger partial charge >= 0.3 is 0 Å². The van der Waals surface area contributed by atoms with Crippen LogP contribution in [0.2, 0.25) is 0 Å². The summed E-state index contributed by atoms with van der Waals surface area (Å²) in [5.41, 5.74) is 2.22. The molecule has 0 bridgehead atoms. The van der Waals surface area contributed by atoms with Crippen molar-refractivity contribution in [1.82, 2.24) is 0 Å². The molecule has 1 heterocycles. The van der Waals surface area contributed by atoms with Crippen molar-refractivity contribution in [3.8, 4) is 5.75 Å². The summed E-state index contributed by atoms with van der Waals surface area (Å²) in [4.78, 5) is 4.26. The molecule has 0 fully saturated rings. The molecule has 0 aliphatic carbocycles. The van der Waals surface area contributed by atoms with Crippen LogP contribution < -0.4 is 4.74 Å². The normalized spacial score (nSPS) is 15.8. The molecule has 0 amide bonds. The van der Waals surface area contributed by atoms with Crippen LogP contribution in [0.15, 0.2) is 77.8 Å². The lowest BCUT2D eigenvalue weighted by Gasteiger charge is -2.09. The van der Waals surface area contributed by atoms with Gasteiger partial charge in [0, 0.05) is 0 Å². The maximum Gasteiger partial charge on any atom is 0.222 e. The molecule has 3 aromatic carbocycles. The molecule has 1 unspecified atom stereocenters. The van der Waals surface area contributed by atoms with Crippen molar-refractivity contribution in [3.63, 3.8) is 0 Å². The second-order valence-corrected chi connectivity index (χ2v) is 6.61. The molecule has 4 rings (SSSR count). The van der Waals surface area contributed by atoms with Gasteiger partial charge in [-0.05, 0) is 41.8 Å². The predicted octanol–water partition coefficient (Wildman–Crippen LogP) is 4.78. The topological polar surface area (TPSA) is 30.8 Å².